The van der Waals surface area contributed by atoms with Crippen LogP contribution in [0.25, 0.3) is 10.8 Å². The second-order valence-electron chi connectivity index (χ2n) is 3.18. The number of thioether (sulfide) groups is 1. The van der Waals surface area contributed by atoms with Crippen molar-refractivity contribution in [2.45, 2.75) is 10.4 Å². The van der Waals surface area contributed by atoms with Crippen molar-refractivity contribution in [1.29, 1.82) is 0 Å². The lowest BCUT2D eigenvalue weighted by atomic mass is 10.1. The molecule has 0 heterocycles. The number of hydrogen-bond acceptors (Lipinski definition) is 2. The van der Waals surface area contributed by atoms with Crippen LogP contribution in [0.1, 0.15) is 0 Å². The molecule has 0 fully saturated rings. The maximum absolute atomic E-state index is 12.2. The van der Waals surface area contributed by atoms with E-state index < -0.39 is 5.51 Å². The molecule has 16 heavy (non-hydrogen) atoms. The van der Waals surface area contributed by atoms with Crippen LogP contribution in [-0.4, -0.2) is 10.6 Å². The minimum absolute atomic E-state index is 0.175. The largest absolute Gasteiger partial charge is 0.506 e. The lowest BCUT2D eigenvalue weighted by molar-refractivity contribution is -0.0328. The van der Waals surface area contributed by atoms with Gasteiger partial charge >= 0.3 is 5.51 Å². The zero-order valence-corrected chi connectivity index (χ0v) is 8.77. The smallest absolute Gasteiger partial charge is 0.446 e. The van der Waals surface area contributed by atoms with E-state index in [-0.39, 0.29) is 22.4 Å². The molecule has 5 heteroatoms. The van der Waals surface area contributed by atoms with Crippen LogP contribution >= 0.6 is 11.8 Å². The summed E-state index contributed by atoms with van der Waals surface area (Å²) in [6.07, 6.45) is 0. The van der Waals surface area contributed by atoms with Crippen molar-refractivity contribution in [2.75, 3.05) is 0 Å². The number of phenols is 1. The van der Waals surface area contributed by atoms with Gasteiger partial charge < -0.3 is 5.11 Å². The van der Waals surface area contributed by atoms with Crippen LogP contribution in [0.2, 0.25) is 0 Å². The van der Waals surface area contributed by atoms with Gasteiger partial charge in [0.25, 0.3) is 0 Å². The van der Waals surface area contributed by atoms with Crippen LogP contribution in [0.3, 0.4) is 0 Å². The highest BCUT2D eigenvalue weighted by Crippen LogP contribution is 2.43. The zero-order valence-electron chi connectivity index (χ0n) is 7.95. The predicted octanol–water partition coefficient (Wildman–Crippen LogP) is 4.16. The molecule has 0 saturated carbocycles. The monoisotopic (exact) mass is 244 g/mol. The first-order valence-electron chi connectivity index (χ1n) is 4.44. The topological polar surface area (TPSA) is 20.2 Å². The summed E-state index contributed by atoms with van der Waals surface area (Å²) in [4.78, 5) is -0.175. The average molecular weight is 244 g/mol. The maximum atomic E-state index is 12.2. The van der Waals surface area contributed by atoms with Crippen LogP contribution in [0.5, 0.6) is 5.75 Å². The third-order valence-electron chi connectivity index (χ3n) is 2.09. The number of fused-ring (bicyclic) bond motifs is 1. The Morgan fingerprint density at radius 3 is 2.38 bits per heavy atom. The van der Waals surface area contributed by atoms with Gasteiger partial charge in [-0.2, -0.15) is 13.2 Å². The third kappa shape index (κ3) is 2.24. The molecule has 84 valence electrons. The second-order valence-corrected chi connectivity index (χ2v) is 4.29. The van der Waals surface area contributed by atoms with Crippen LogP contribution < -0.4 is 0 Å². The molecular formula is C11H7F3OS. The highest BCUT2D eigenvalue weighted by molar-refractivity contribution is 8.00. The van der Waals surface area contributed by atoms with E-state index in [1.807, 2.05) is 0 Å². The normalized spacial score (nSPS) is 11.9. The molecule has 0 aliphatic rings. The molecule has 0 saturated heterocycles. The Labute approximate surface area is 93.9 Å². The summed E-state index contributed by atoms with van der Waals surface area (Å²) in [6.45, 7) is 0. The van der Waals surface area contributed by atoms with Crippen LogP contribution in [0.4, 0.5) is 13.2 Å². The second kappa shape index (κ2) is 3.90. The van der Waals surface area contributed by atoms with Gasteiger partial charge in [-0.25, -0.2) is 0 Å². The van der Waals surface area contributed by atoms with Crippen molar-refractivity contribution in [2.24, 2.45) is 0 Å². The molecule has 0 bridgehead atoms. The quantitative estimate of drug-likeness (QED) is 0.760. The molecule has 0 spiro atoms. The number of hydrogen-bond donors (Lipinski definition) is 1. The van der Waals surface area contributed by atoms with Gasteiger partial charge in [0.05, 0.1) is 4.90 Å². The minimum Gasteiger partial charge on any atom is -0.506 e. The van der Waals surface area contributed by atoms with Gasteiger partial charge in [-0.3, -0.25) is 0 Å². The summed E-state index contributed by atoms with van der Waals surface area (Å²) in [5, 5.41) is 10.8. The van der Waals surface area contributed by atoms with Crippen LogP contribution in [0.15, 0.2) is 41.3 Å². The molecule has 2 aromatic rings. The summed E-state index contributed by atoms with van der Waals surface area (Å²) < 4.78 is 36.5. The van der Waals surface area contributed by atoms with Crippen molar-refractivity contribution in [3.63, 3.8) is 0 Å². The third-order valence-corrected chi connectivity index (χ3v) is 2.87. The van der Waals surface area contributed by atoms with Gasteiger partial charge in [-0.15, -0.1) is 0 Å². The van der Waals surface area contributed by atoms with Gasteiger partial charge in [0.2, 0.25) is 0 Å². The molecule has 0 radical (unpaired) electrons. The van der Waals surface area contributed by atoms with E-state index >= 15 is 0 Å². The molecule has 1 N–H and O–H groups in total. The number of phenolic OH excluding ortho intramolecular Hbond substituents is 1. The lowest BCUT2D eigenvalue weighted by Gasteiger charge is -2.09. The molecule has 0 aliphatic heterocycles. The SMILES string of the molecule is Oc1c(SC(F)(F)F)ccc2ccccc12. The molecule has 0 unspecified atom stereocenters. The van der Waals surface area contributed by atoms with Crippen LogP contribution in [-0.2, 0) is 0 Å². The van der Waals surface area contributed by atoms with Crippen molar-refractivity contribution in [1.82, 2.24) is 0 Å². The van der Waals surface area contributed by atoms with E-state index in [9.17, 15) is 18.3 Å². The molecule has 2 aromatic carbocycles. The van der Waals surface area contributed by atoms with E-state index in [0.717, 1.165) is 0 Å². The van der Waals surface area contributed by atoms with E-state index in [1.165, 1.54) is 6.07 Å². The molecule has 0 aliphatic carbocycles. The first-order valence-corrected chi connectivity index (χ1v) is 5.25. The molecule has 2 rings (SSSR count). The van der Waals surface area contributed by atoms with E-state index in [4.69, 9.17) is 0 Å². The molecular weight excluding hydrogens is 237 g/mol. The number of benzene rings is 2. The summed E-state index contributed by atoms with van der Waals surface area (Å²) in [5.41, 5.74) is -4.39. The van der Waals surface area contributed by atoms with Gasteiger partial charge in [-0.05, 0) is 23.2 Å². The summed E-state index contributed by atoms with van der Waals surface area (Å²) in [7, 11) is 0. The first-order chi connectivity index (χ1) is 7.47. The van der Waals surface area contributed by atoms with E-state index in [2.05, 4.69) is 0 Å². The Kier molecular flexibility index (Phi) is 2.71. The summed E-state index contributed by atoms with van der Waals surface area (Å²) in [6, 6.07) is 9.59. The minimum atomic E-state index is -4.39. The van der Waals surface area contributed by atoms with Gasteiger partial charge in [0.1, 0.15) is 5.75 Å². The molecule has 1 nitrogen and oxygen atoms in total. The van der Waals surface area contributed by atoms with Crippen LogP contribution in [0, 0.1) is 0 Å². The van der Waals surface area contributed by atoms with Gasteiger partial charge in [0, 0.05) is 5.39 Å². The Hall–Kier alpha value is -1.36. The number of halogens is 3. The van der Waals surface area contributed by atoms with Crippen molar-refractivity contribution in [3.05, 3.63) is 36.4 Å². The van der Waals surface area contributed by atoms with Crippen molar-refractivity contribution >= 4 is 22.5 Å². The number of aromatic hydroxyl groups is 1. The fourth-order valence-electron chi connectivity index (χ4n) is 1.44. The van der Waals surface area contributed by atoms with E-state index in [0.29, 0.717) is 10.8 Å². The Morgan fingerprint density at radius 1 is 1.00 bits per heavy atom. The standard InChI is InChI=1S/C11H7F3OS/c12-11(13,14)16-9-6-5-7-3-1-2-4-8(7)10(9)15/h1-6,15H. The Bertz CT molecular complexity index is 522. The Morgan fingerprint density at radius 2 is 1.69 bits per heavy atom. The highest BCUT2D eigenvalue weighted by Gasteiger charge is 2.30. The lowest BCUT2D eigenvalue weighted by Crippen LogP contribution is -1.99. The zero-order chi connectivity index (χ0) is 11.8. The van der Waals surface area contributed by atoms with Gasteiger partial charge in [0.15, 0.2) is 0 Å². The summed E-state index contributed by atoms with van der Waals surface area (Å²) >= 11 is -0.308. The van der Waals surface area contributed by atoms with Gasteiger partial charge in [-0.1, -0.05) is 30.3 Å². The highest BCUT2D eigenvalue weighted by atomic mass is 32.2. The molecule has 0 aromatic heterocycles. The fourth-order valence-corrected chi connectivity index (χ4v) is 2.03. The molecule has 0 amide bonds. The summed E-state index contributed by atoms with van der Waals surface area (Å²) in [5.74, 6) is -0.319. The average Bonchev–Trinajstić information content (AvgIpc) is 2.21. The number of rotatable bonds is 1. The van der Waals surface area contributed by atoms with E-state index in [1.54, 1.807) is 30.3 Å². The number of alkyl halides is 3. The maximum Gasteiger partial charge on any atom is 0.446 e. The fraction of sp³-hybridized carbons (Fsp3) is 0.0909. The predicted molar refractivity (Wildman–Crippen MR) is 57.5 cm³/mol. The first kappa shape index (κ1) is 11.1. The van der Waals surface area contributed by atoms with Crippen molar-refractivity contribution < 1.29 is 18.3 Å². The van der Waals surface area contributed by atoms with Crippen molar-refractivity contribution in [3.8, 4) is 5.75 Å². The molecule has 0 atom stereocenters. The Balaban J connectivity index is 2.53.